The minimum Gasteiger partial charge on any atom is -0.269 e. The zero-order chi connectivity index (χ0) is 11.5. The van der Waals surface area contributed by atoms with Crippen LogP contribution < -0.4 is 0 Å². The molecule has 6 heteroatoms. The van der Waals surface area contributed by atoms with Gasteiger partial charge in [0.05, 0.1) is 11.7 Å². The van der Waals surface area contributed by atoms with Crippen LogP contribution in [0.4, 0.5) is 0 Å². The van der Waals surface area contributed by atoms with E-state index in [0.717, 1.165) is 12.8 Å². The molecular formula is C9H15ClN2O2S. The fourth-order valence-electron chi connectivity index (χ4n) is 1.50. The van der Waals surface area contributed by atoms with Crippen molar-refractivity contribution in [2.45, 2.75) is 38.5 Å². The average Bonchev–Trinajstić information content (AvgIpc) is 2.52. The molecule has 0 atom stereocenters. The highest BCUT2D eigenvalue weighted by molar-refractivity contribution is 8.13. The van der Waals surface area contributed by atoms with E-state index in [4.69, 9.17) is 10.7 Å². The lowest BCUT2D eigenvalue weighted by atomic mass is 10.2. The maximum Gasteiger partial charge on any atom is 0.238 e. The smallest absolute Gasteiger partial charge is 0.238 e. The van der Waals surface area contributed by atoms with Gasteiger partial charge in [-0.3, -0.25) is 4.68 Å². The second-order valence-electron chi connectivity index (χ2n) is 3.44. The van der Waals surface area contributed by atoms with Crippen molar-refractivity contribution in [3.8, 4) is 0 Å². The number of nitrogens with zero attached hydrogens (tertiary/aromatic N) is 2. The minimum absolute atomic E-state index is 0.207. The van der Waals surface area contributed by atoms with E-state index >= 15 is 0 Å². The van der Waals surface area contributed by atoms with E-state index in [1.807, 2.05) is 0 Å². The Bertz CT molecular complexity index is 410. The molecule has 1 heterocycles. The molecule has 0 radical (unpaired) electrons. The maximum absolute atomic E-state index is 10.8. The van der Waals surface area contributed by atoms with Crippen LogP contribution in [0.2, 0.25) is 0 Å². The van der Waals surface area contributed by atoms with Crippen LogP contribution in [0.1, 0.15) is 38.4 Å². The zero-order valence-electron chi connectivity index (χ0n) is 8.85. The van der Waals surface area contributed by atoms with Crippen LogP contribution in [0, 0.1) is 0 Å². The Balaban J connectivity index is 2.80. The summed E-state index contributed by atoms with van der Waals surface area (Å²) in [4.78, 5) is 0. The third-order valence-electron chi connectivity index (χ3n) is 2.30. The largest absolute Gasteiger partial charge is 0.269 e. The lowest BCUT2D eigenvalue weighted by molar-refractivity contribution is 0.426. The third kappa shape index (κ3) is 3.83. The maximum atomic E-state index is 10.8. The van der Waals surface area contributed by atoms with Crippen molar-refractivity contribution >= 4 is 19.7 Å². The van der Waals surface area contributed by atoms with Crippen LogP contribution in [0.5, 0.6) is 0 Å². The first kappa shape index (κ1) is 12.5. The molecule has 1 rings (SSSR count). The number of rotatable bonds is 5. The van der Waals surface area contributed by atoms with Crippen molar-refractivity contribution in [3.05, 3.63) is 18.0 Å². The van der Waals surface area contributed by atoms with Gasteiger partial charge in [0.1, 0.15) is 5.75 Å². The fourth-order valence-corrected chi connectivity index (χ4v) is 2.34. The van der Waals surface area contributed by atoms with E-state index in [1.54, 1.807) is 16.9 Å². The molecule has 0 amide bonds. The van der Waals surface area contributed by atoms with Crippen LogP contribution >= 0.6 is 10.7 Å². The van der Waals surface area contributed by atoms with E-state index in [0.29, 0.717) is 11.7 Å². The van der Waals surface area contributed by atoms with E-state index < -0.39 is 9.05 Å². The van der Waals surface area contributed by atoms with Gasteiger partial charge in [-0.15, -0.1) is 0 Å². The van der Waals surface area contributed by atoms with Gasteiger partial charge in [0.15, 0.2) is 0 Å². The molecule has 1 aromatic heterocycles. The molecule has 15 heavy (non-hydrogen) atoms. The van der Waals surface area contributed by atoms with Crippen LogP contribution in [-0.2, 0) is 14.8 Å². The van der Waals surface area contributed by atoms with Crippen LogP contribution in [0.3, 0.4) is 0 Å². The van der Waals surface area contributed by atoms with Gasteiger partial charge in [0.2, 0.25) is 9.05 Å². The second-order valence-corrected chi connectivity index (χ2v) is 6.22. The minimum atomic E-state index is -3.51. The summed E-state index contributed by atoms with van der Waals surface area (Å²) in [6, 6.07) is 2.02. The highest BCUT2D eigenvalue weighted by atomic mass is 35.7. The Kier molecular flexibility index (Phi) is 4.16. The Morgan fingerprint density at radius 2 is 2.07 bits per heavy atom. The summed E-state index contributed by atoms with van der Waals surface area (Å²) in [5, 5.41) is 4.19. The number of halogens is 1. The lowest BCUT2D eigenvalue weighted by Crippen LogP contribution is -2.08. The second kappa shape index (κ2) is 4.99. The van der Waals surface area contributed by atoms with Gasteiger partial charge < -0.3 is 0 Å². The SMILES string of the molecule is CCC(CC)n1ccc(CS(=O)(=O)Cl)n1. The van der Waals surface area contributed by atoms with Gasteiger partial charge in [0, 0.05) is 16.9 Å². The Labute approximate surface area is 94.7 Å². The molecule has 0 unspecified atom stereocenters. The van der Waals surface area contributed by atoms with Gasteiger partial charge in [-0.1, -0.05) is 13.8 Å². The van der Waals surface area contributed by atoms with Crippen molar-refractivity contribution in [1.82, 2.24) is 9.78 Å². The first-order valence-electron chi connectivity index (χ1n) is 4.92. The molecular weight excluding hydrogens is 236 g/mol. The third-order valence-corrected chi connectivity index (χ3v) is 3.27. The highest BCUT2D eigenvalue weighted by Crippen LogP contribution is 2.15. The lowest BCUT2D eigenvalue weighted by Gasteiger charge is -2.12. The van der Waals surface area contributed by atoms with Crippen molar-refractivity contribution in [2.24, 2.45) is 0 Å². The Hall–Kier alpha value is -0.550. The average molecular weight is 251 g/mol. The zero-order valence-corrected chi connectivity index (χ0v) is 10.4. The number of hydrogen-bond donors (Lipinski definition) is 0. The first-order chi connectivity index (χ1) is 6.96. The molecule has 0 fully saturated rings. The summed E-state index contributed by atoms with van der Waals surface area (Å²) >= 11 is 0. The molecule has 0 saturated carbocycles. The summed E-state index contributed by atoms with van der Waals surface area (Å²) in [5.74, 6) is -0.207. The van der Waals surface area contributed by atoms with Crippen molar-refractivity contribution in [2.75, 3.05) is 0 Å². The number of hydrogen-bond acceptors (Lipinski definition) is 3. The topological polar surface area (TPSA) is 52.0 Å². The molecule has 86 valence electrons. The van der Waals surface area contributed by atoms with Crippen LogP contribution in [-0.4, -0.2) is 18.2 Å². The molecule has 0 spiro atoms. The first-order valence-corrected chi connectivity index (χ1v) is 7.40. The van der Waals surface area contributed by atoms with Crippen molar-refractivity contribution in [1.29, 1.82) is 0 Å². The summed E-state index contributed by atoms with van der Waals surface area (Å²) in [5.41, 5.74) is 0.497. The summed E-state index contributed by atoms with van der Waals surface area (Å²) in [6.45, 7) is 4.15. The summed E-state index contributed by atoms with van der Waals surface area (Å²) in [7, 11) is 1.64. The summed E-state index contributed by atoms with van der Waals surface area (Å²) < 4.78 is 23.5. The predicted octanol–water partition coefficient (Wildman–Crippen LogP) is 2.31. The number of aromatic nitrogens is 2. The Morgan fingerprint density at radius 3 is 2.53 bits per heavy atom. The van der Waals surface area contributed by atoms with Crippen LogP contribution in [0.25, 0.3) is 0 Å². The van der Waals surface area contributed by atoms with E-state index in [9.17, 15) is 8.42 Å². The molecule has 0 N–H and O–H groups in total. The van der Waals surface area contributed by atoms with Gasteiger partial charge >= 0.3 is 0 Å². The van der Waals surface area contributed by atoms with Crippen molar-refractivity contribution in [3.63, 3.8) is 0 Å². The van der Waals surface area contributed by atoms with E-state index in [1.165, 1.54) is 0 Å². The highest BCUT2D eigenvalue weighted by Gasteiger charge is 2.12. The summed E-state index contributed by atoms with van der Waals surface area (Å²) in [6.07, 6.45) is 3.76. The predicted molar refractivity (Wildman–Crippen MR) is 60.3 cm³/mol. The molecule has 0 aromatic carbocycles. The van der Waals surface area contributed by atoms with Crippen molar-refractivity contribution < 1.29 is 8.42 Å². The quantitative estimate of drug-likeness (QED) is 0.754. The molecule has 0 saturated heterocycles. The molecule has 0 aliphatic rings. The molecule has 0 bridgehead atoms. The van der Waals surface area contributed by atoms with Gasteiger partial charge in [-0.25, -0.2) is 8.42 Å². The monoisotopic (exact) mass is 250 g/mol. The fraction of sp³-hybridized carbons (Fsp3) is 0.667. The standard InChI is InChI=1S/C9H15ClN2O2S/c1-3-9(4-2)12-6-5-8(11-12)7-15(10,13)14/h5-6,9H,3-4,7H2,1-2H3. The Morgan fingerprint density at radius 1 is 1.47 bits per heavy atom. The molecule has 1 aromatic rings. The van der Waals surface area contributed by atoms with Gasteiger partial charge in [-0.2, -0.15) is 5.10 Å². The molecule has 0 aliphatic heterocycles. The van der Waals surface area contributed by atoms with Crippen LogP contribution in [0.15, 0.2) is 12.3 Å². The van der Waals surface area contributed by atoms with E-state index in [-0.39, 0.29) is 5.75 Å². The normalized spacial score (nSPS) is 12.3. The molecule has 4 nitrogen and oxygen atoms in total. The van der Waals surface area contributed by atoms with E-state index in [2.05, 4.69) is 18.9 Å². The molecule has 0 aliphatic carbocycles. The van der Waals surface area contributed by atoms with Gasteiger partial charge in [-0.05, 0) is 18.9 Å². The van der Waals surface area contributed by atoms with Gasteiger partial charge in [0.25, 0.3) is 0 Å².